The van der Waals surface area contributed by atoms with Crippen LogP contribution in [0.2, 0.25) is 0 Å². The molecular weight excluding hydrogens is 290 g/mol. The van der Waals surface area contributed by atoms with Crippen molar-refractivity contribution in [2.75, 3.05) is 6.54 Å². The minimum absolute atomic E-state index is 0.200. The lowest BCUT2D eigenvalue weighted by atomic mass is 10.2. The molecule has 0 aliphatic carbocycles. The topological polar surface area (TPSA) is 68.3 Å². The maximum Gasteiger partial charge on any atom is 0.249 e. The largest absolute Gasteiger partial charge is 0.360 e. The summed E-state index contributed by atoms with van der Waals surface area (Å²) in [5.41, 5.74) is 2.59. The van der Waals surface area contributed by atoms with Gasteiger partial charge in [0.25, 0.3) is 0 Å². The second kappa shape index (κ2) is 4.71. The average molecular weight is 309 g/mol. The summed E-state index contributed by atoms with van der Waals surface area (Å²) in [7, 11) is -3.60. The fourth-order valence-corrected chi connectivity index (χ4v) is 4.98. The van der Waals surface area contributed by atoms with Crippen LogP contribution in [-0.4, -0.2) is 29.0 Å². The Hall–Kier alpha value is -1.60. The normalized spacial score (nSPS) is 19.7. The molecule has 0 unspecified atom stereocenters. The molecule has 0 radical (unpaired) electrons. The number of nitrogens with zero attached hydrogens (tertiary/aromatic N) is 3. The third kappa shape index (κ3) is 2.03. The van der Waals surface area contributed by atoms with Crippen LogP contribution < -0.4 is 0 Å². The first-order valence-corrected chi connectivity index (χ1v) is 8.38. The van der Waals surface area contributed by atoms with Crippen molar-refractivity contribution < 1.29 is 12.9 Å². The third-order valence-electron chi connectivity index (χ3n) is 4.17. The predicted molar refractivity (Wildman–Crippen MR) is 77.5 cm³/mol. The molecule has 1 atom stereocenters. The van der Waals surface area contributed by atoms with E-state index in [1.165, 1.54) is 4.31 Å². The van der Waals surface area contributed by atoms with Crippen molar-refractivity contribution in [3.63, 3.8) is 0 Å². The highest BCUT2D eigenvalue weighted by molar-refractivity contribution is 7.89. The maximum absolute atomic E-state index is 12.9. The Morgan fingerprint density at radius 2 is 1.95 bits per heavy atom. The molecule has 0 N–H and O–H groups in total. The average Bonchev–Trinajstić information content (AvgIpc) is 2.94. The summed E-state index contributed by atoms with van der Waals surface area (Å²) in [5, 5.41) is 3.76. The van der Waals surface area contributed by atoms with E-state index < -0.39 is 10.0 Å². The lowest BCUT2D eigenvalue weighted by Crippen LogP contribution is -2.41. The van der Waals surface area contributed by atoms with E-state index in [4.69, 9.17) is 4.52 Å². The van der Waals surface area contributed by atoms with Crippen molar-refractivity contribution in [3.05, 3.63) is 35.0 Å². The van der Waals surface area contributed by atoms with E-state index in [2.05, 4.69) is 9.72 Å². The van der Waals surface area contributed by atoms with Gasteiger partial charge in [-0.25, -0.2) is 8.42 Å². The Morgan fingerprint density at radius 1 is 1.24 bits per heavy atom. The summed E-state index contributed by atoms with van der Waals surface area (Å²) in [6.45, 7) is 8.37. The van der Waals surface area contributed by atoms with Crippen LogP contribution >= 0.6 is 0 Å². The van der Waals surface area contributed by atoms with Crippen LogP contribution in [0.5, 0.6) is 0 Å². The van der Waals surface area contributed by atoms with Gasteiger partial charge in [0.2, 0.25) is 10.0 Å². The van der Waals surface area contributed by atoms with Gasteiger partial charge >= 0.3 is 0 Å². The van der Waals surface area contributed by atoms with Gasteiger partial charge in [-0.2, -0.15) is 4.31 Å². The molecule has 2 aromatic heterocycles. The van der Waals surface area contributed by atoms with E-state index >= 15 is 0 Å². The Morgan fingerprint density at radius 3 is 2.57 bits per heavy atom. The quantitative estimate of drug-likeness (QED) is 0.852. The predicted octanol–water partition coefficient (Wildman–Crippen LogP) is 2.17. The second-order valence-electron chi connectivity index (χ2n) is 5.50. The summed E-state index contributed by atoms with van der Waals surface area (Å²) in [6, 6.07) is 3.82. The molecule has 6 nitrogen and oxygen atoms in total. The summed E-state index contributed by atoms with van der Waals surface area (Å²) in [5.74, 6) is 0.344. The molecule has 7 heteroatoms. The van der Waals surface area contributed by atoms with Gasteiger partial charge in [-0.3, -0.25) is 0 Å². The third-order valence-corrected chi connectivity index (χ3v) is 6.39. The van der Waals surface area contributed by atoms with Crippen molar-refractivity contribution in [2.24, 2.45) is 0 Å². The van der Waals surface area contributed by atoms with Crippen LogP contribution in [0.3, 0.4) is 0 Å². The highest BCUT2D eigenvalue weighted by atomic mass is 32.2. The van der Waals surface area contributed by atoms with E-state index in [0.717, 1.165) is 11.4 Å². The molecule has 1 aliphatic rings. The fourth-order valence-electron chi connectivity index (χ4n) is 3.09. The fraction of sp³-hybridized carbons (Fsp3) is 0.500. The SMILES string of the molecule is Cc1noc(C)c1S(=O)(=O)N1CCn2c(C)ccc2[C@@H]1C. The Bertz CT molecular complexity index is 769. The molecule has 21 heavy (non-hydrogen) atoms. The number of sulfonamides is 1. The zero-order valence-corrected chi connectivity index (χ0v) is 13.4. The Balaban J connectivity index is 2.06. The van der Waals surface area contributed by atoms with Crippen LogP contribution in [0, 0.1) is 20.8 Å². The molecule has 0 saturated carbocycles. The van der Waals surface area contributed by atoms with Gasteiger partial charge in [0, 0.05) is 24.5 Å². The van der Waals surface area contributed by atoms with Gasteiger partial charge < -0.3 is 9.09 Å². The smallest absolute Gasteiger partial charge is 0.249 e. The molecule has 1 aliphatic heterocycles. The van der Waals surface area contributed by atoms with Crippen molar-refractivity contribution >= 4 is 10.0 Å². The Labute approximate surface area is 124 Å². The Kier molecular flexibility index (Phi) is 3.22. The van der Waals surface area contributed by atoms with E-state index in [9.17, 15) is 8.42 Å². The summed E-state index contributed by atoms with van der Waals surface area (Å²) < 4.78 is 34.6. The van der Waals surface area contributed by atoms with Crippen molar-refractivity contribution in [3.8, 4) is 0 Å². The van der Waals surface area contributed by atoms with Crippen molar-refractivity contribution in [1.82, 2.24) is 14.0 Å². The van der Waals surface area contributed by atoms with E-state index in [1.54, 1.807) is 13.8 Å². The number of aryl methyl sites for hydroxylation is 3. The summed E-state index contributed by atoms with van der Waals surface area (Å²) in [6.07, 6.45) is 0. The molecule has 3 rings (SSSR count). The van der Waals surface area contributed by atoms with E-state index in [0.29, 0.717) is 24.5 Å². The van der Waals surface area contributed by atoms with Crippen LogP contribution in [0.4, 0.5) is 0 Å². The first-order valence-electron chi connectivity index (χ1n) is 6.94. The zero-order valence-electron chi connectivity index (χ0n) is 12.6. The van der Waals surface area contributed by atoms with Crippen molar-refractivity contribution in [1.29, 1.82) is 0 Å². The van der Waals surface area contributed by atoms with Crippen LogP contribution in [0.1, 0.15) is 35.8 Å². The van der Waals surface area contributed by atoms with E-state index in [1.807, 2.05) is 26.0 Å². The molecule has 0 aromatic carbocycles. The van der Waals surface area contributed by atoms with E-state index in [-0.39, 0.29) is 10.9 Å². The number of aromatic nitrogens is 2. The van der Waals surface area contributed by atoms with Gasteiger partial charge in [0.15, 0.2) is 5.76 Å². The van der Waals surface area contributed by atoms with Gasteiger partial charge in [0.1, 0.15) is 10.6 Å². The second-order valence-corrected chi connectivity index (χ2v) is 7.32. The lowest BCUT2D eigenvalue weighted by molar-refractivity contribution is 0.280. The number of rotatable bonds is 2. The molecule has 0 spiro atoms. The van der Waals surface area contributed by atoms with Gasteiger partial charge in [-0.1, -0.05) is 5.16 Å². The lowest BCUT2D eigenvalue weighted by Gasteiger charge is -2.34. The van der Waals surface area contributed by atoms with Crippen LogP contribution in [0.15, 0.2) is 21.6 Å². The first kappa shape index (κ1) is 14.3. The number of hydrogen-bond donors (Lipinski definition) is 0. The van der Waals surface area contributed by atoms with Crippen LogP contribution in [-0.2, 0) is 16.6 Å². The molecule has 3 heterocycles. The minimum atomic E-state index is -3.60. The molecular formula is C14H19N3O3S. The highest BCUT2D eigenvalue weighted by Crippen LogP contribution is 2.33. The zero-order chi connectivity index (χ0) is 15.4. The standard InChI is InChI=1S/C14H19N3O3S/c1-9-5-6-13-11(3)17(8-7-16(9)13)21(18,19)14-10(2)15-20-12(14)4/h5-6,11H,7-8H2,1-4H3/t11-/m0/s1. The number of hydrogen-bond acceptors (Lipinski definition) is 4. The summed E-state index contributed by atoms with van der Waals surface area (Å²) in [4.78, 5) is 0.200. The molecule has 0 fully saturated rings. The maximum atomic E-state index is 12.9. The molecule has 0 bridgehead atoms. The van der Waals surface area contributed by atoms with Gasteiger partial charge in [0.05, 0.1) is 6.04 Å². The molecule has 0 amide bonds. The molecule has 0 saturated heterocycles. The van der Waals surface area contributed by atoms with Gasteiger partial charge in [-0.05, 0) is 39.8 Å². The monoisotopic (exact) mass is 309 g/mol. The van der Waals surface area contributed by atoms with Gasteiger partial charge in [-0.15, -0.1) is 0 Å². The van der Waals surface area contributed by atoms with Crippen molar-refractivity contribution in [2.45, 2.75) is 45.2 Å². The molecule has 114 valence electrons. The van der Waals surface area contributed by atoms with Crippen LogP contribution in [0.25, 0.3) is 0 Å². The number of fused-ring (bicyclic) bond motifs is 1. The minimum Gasteiger partial charge on any atom is -0.360 e. The molecule has 2 aromatic rings. The first-order chi connectivity index (χ1) is 9.84. The summed E-state index contributed by atoms with van der Waals surface area (Å²) >= 11 is 0. The highest BCUT2D eigenvalue weighted by Gasteiger charge is 2.37.